The fraction of sp³-hybridized carbons (Fsp3) is 0.204. The van der Waals surface area contributed by atoms with Crippen LogP contribution in [0.15, 0.2) is 126 Å². The Bertz CT molecular complexity index is 2800. The Morgan fingerprint density at radius 1 is 0.866 bits per heavy atom. The summed E-state index contributed by atoms with van der Waals surface area (Å²) in [5.74, 6) is -1.42. The second-order valence-electron chi connectivity index (χ2n) is 15.9. The van der Waals surface area contributed by atoms with Gasteiger partial charge in [0.05, 0.1) is 4.88 Å². The summed E-state index contributed by atoms with van der Waals surface area (Å²) in [7, 11) is 0. The highest BCUT2D eigenvalue weighted by Crippen LogP contribution is 2.38. The maximum atomic E-state index is 16.1. The van der Waals surface area contributed by atoms with Crippen LogP contribution in [0.1, 0.15) is 75.9 Å². The Balaban J connectivity index is 0.720. The van der Waals surface area contributed by atoms with Crippen molar-refractivity contribution in [2.75, 3.05) is 25.0 Å². The number of nitrogens with one attached hydrogen (secondary N) is 3. The number of carboxylic acid groups (broad SMARTS) is 1. The van der Waals surface area contributed by atoms with Crippen molar-refractivity contribution >= 4 is 99.7 Å². The van der Waals surface area contributed by atoms with E-state index in [1.807, 2.05) is 66.0 Å². The molecule has 67 heavy (non-hydrogen) atoms. The summed E-state index contributed by atoms with van der Waals surface area (Å²) in [6.07, 6.45) is 12.5. The Labute approximate surface area is 404 Å². The van der Waals surface area contributed by atoms with Gasteiger partial charge in [-0.05, 0) is 102 Å². The topological polar surface area (TPSA) is 138 Å². The molecule has 0 radical (unpaired) electrons. The minimum absolute atomic E-state index is 0.112. The Morgan fingerprint density at radius 2 is 1.60 bits per heavy atom. The van der Waals surface area contributed by atoms with E-state index in [4.69, 9.17) is 27.9 Å². The summed E-state index contributed by atoms with van der Waals surface area (Å²) in [6.45, 7) is -3.67. The number of thiazole rings is 1. The Hall–Kier alpha value is -6.33. The Kier molecular flexibility index (Phi) is 15.2. The average molecular weight is 982 g/mol. The van der Waals surface area contributed by atoms with Crippen molar-refractivity contribution in [1.82, 2.24) is 20.1 Å². The monoisotopic (exact) mass is 980 g/mol. The fourth-order valence-electron chi connectivity index (χ4n) is 7.97. The first-order valence-electron chi connectivity index (χ1n) is 21.7. The van der Waals surface area contributed by atoms with Crippen LogP contribution in [0.4, 0.5) is 13.8 Å². The number of carbonyl (C=O) groups excluding carboxylic acids is 2. The van der Waals surface area contributed by atoms with E-state index in [0.29, 0.717) is 69.5 Å². The van der Waals surface area contributed by atoms with Gasteiger partial charge in [-0.3, -0.25) is 9.59 Å². The predicted octanol–water partition coefficient (Wildman–Crippen LogP) is 10.4. The first-order valence-corrected chi connectivity index (χ1v) is 24.1. The van der Waals surface area contributed by atoms with Crippen molar-refractivity contribution in [3.05, 3.63) is 174 Å². The van der Waals surface area contributed by atoms with E-state index in [1.54, 1.807) is 73.0 Å². The number of carboxylic acids is 1. The van der Waals surface area contributed by atoms with Gasteiger partial charge in [-0.25, -0.2) is 9.78 Å². The molecule has 18 heteroatoms. The number of unbranched alkanes of at least 4 members (excludes halogenated alkanes) is 2. The third-order valence-corrected chi connectivity index (χ3v) is 13.7. The molecule has 6 aromatic rings. The van der Waals surface area contributed by atoms with E-state index in [1.165, 1.54) is 22.7 Å². The van der Waals surface area contributed by atoms with Crippen molar-refractivity contribution in [3.63, 3.8) is 0 Å². The lowest BCUT2D eigenvalue weighted by molar-refractivity contribution is -0.360. The van der Waals surface area contributed by atoms with Crippen LogP contribution in [-0.2, 0) is 14.4 Å². The number of aromatic nitrogens is 2. The lowest BCUT2D eigenvalue weighted by atomic mass is 9.90. The van der Waals surface area contributed by atoms with E-state index in [2.05, 4.69) is 20.9 Å². The second kappa shape index (κ2) is 21.5. The van der Waals surface area contributed by atoms with E-state index < -0.39 is 19.0 Å². The highest BCUT2D eigenvalue weighted by molar-refractivity contribution is 7.15. The fourth-order valence-corrected chi connectivity index (χ4v) is 9.96. The van der Waals surface area contributed by atoms with Crippen LogP contribution in [0.25, 0.3) is 18.2 Å². The summed E-state index contributed by atoms with van der Waals surface area (Å²) in [6, 6.07) is 28.3. The van der Waals surface area contributed by atoms with E-state index in [0.717, 1.165) is 35.4 Å². The highest BCUT2D eigenvalue weighted by Gasteiger charge is 2.52. The number of carbonyl (C=O) groups is 3. The van der Waals surface area contributed by atoms with Gasteiger partial charge < -0.3 is 43.4 Å². The summed E-state index contributed by atoms with van der Waals surface area (Å²) in [5.41, 5.74) is 4.59. The minimum Gasteiger partial charge on any atom is -0.484 e. The van der Waals surface area contributed by atoms with Gasteiger partial charge in [-0.1, -0.05) is 78.2 Å². The van der Waals surface area contributed by atoms with Crippen molar-refractivity contribution in [1.29, 1.82) is 0 Å². The van der Waals surface area contributed by atoms with Crippen LogP contribution < -0.4 is 20.7 Å². The maximum absolute atomic E-state index is 16.1. The van der Waals surface area contributed by atoms with Gasteiger partial charge in [0.1, 0.15) is 11.8 Å². The van der Waals surface area contributed by atoms with E-state index >= 15 is 8.63 Å². The molecule has 0 saturated carbocycles. The number of fused-ring (bicyclic) bond motifs is 2. The number of benzene rings is 3. The lowest BCUT2D eigenvalue weighted by Crippen LogP contribution is -2.50. The first-order chi connectivity index (χ1) is 32.4. The van der Waals surface area contributed by atoms with Gasteiger partial charge >= 0.3 is 12.9 Å². The van der Waals surface area contributed by atoms with Crippen LogP contribution in [0.3, 0.4) is 0 Å². The normalized spacial score (nSPS) is 14.2. The van der Waals surface area contributed by atoms with Crippen molar-refractivity contribution in [3.8, 4) is 5.75 Å². The van der Waals surface area contributed by atoms with Gasteiger partial charge in [0.25, 0.3) is 5.91 Å². The average Bonchev–Trinajstić information content (AvgIpc) is 4.16. The molecular weight excluding hydrogens is 936 g/mol. The standard InChI is InChI=1S/C49H45BCl2F2N6O5S2/c51-35-14-10-33(11-15-35)47(34-12-16-36(52)17-13-34)44-30-57-49(67-44)56-27-25-41(48(63)64)58-45(61)6-2-1-3-26-55-46(62)31-65-40-22-8-32(9-23-40)7-18-37-19-20-38-29-39-21-24-42(43-5-4-28-66-43)60(39)50(53,54)59(37)38/h4-5,7-24,28-30,41,47H,1-3,6,25-27,31H2,(H,55,62)(H,56,57)(H,58,61)(H,63,64)/b18-7+/t41-/m0/s1. The highest BCUT2D eigenvalue weighted by atomic mass is 35.5. The zero-order valence-electron chi connectivity index (χ0n) is 35.9. The van der Waals surface area contributed by atoms with E-state index in [-0.39, 0.29) is 43.7 Å². The second-order valence-corrected chi connectivity index (χ2v) is 18.8. The molecule has 8 rings (SSSR count). The summed E-state index contributed by atoms with van der Waals surface area (Å²) < 4.78 is 40.1. The maximum Gasteiger partial charge on any atom is 0.737 e. The van der Waals surface area contributed by atoms with Gasteiger partial charge in [-0.2, -0.15) is 0 Å². The van der Waals surface area contributed by atoms with Crippen molar-refractivity contribution < 1.29 is 37.3 Å². The molecule has 0 bridgehead atoms. The number of aliphatic carboxylic acids is 1. The third kappa shape index (κ3) is 11.6. The summed E-state index contributed by atoms with van der Waals surface area (Å²) >= 11 is 15.2. The quantitative estimate of drug-likeness (QED) is 0.0416. The summed E-state index contributed by atoms with van der Waals surface area (Å²) in [5, 5.41) is 22.2. The molecule has 4 N–H and O–H groups in total. The van der Waals surface area contributed by atoms with Crippen LogP contribution in [0.2, 0.25) is 10.0 Å². The molecular formula is C49H45BCl2F2N6O5S2. The first kappa shape index (κ1) is 47.2. The van der Waals surface area contributed by atoms with Gasteiger partial charge in [-0.15, -0.1) is 22.7 Å². The number of nitrogens with zero attached hydrogens (tertiary/aromatic N) is 3. The molecule has 2 aliphatic heterocycles. The van der Waals surface area contributed by atoms with E-state index in [9.17, 15) is 19.5 Å². The molecule has 344 valence electrons. The van der Waals surface area contributed by atoms with Crippen LogP contribution in [0.5, 0.6) is 5.75 Å². The Morgan fingerprint density at radius 3 is 2.28 bits per heavy atom. The molecule has 2 aliphatic rings. The van der Waals surface area contributed by atoms with Gasteiger partial charge in [0, 0.05) is 76.2 Å². The molecule has 0 saturated heterocycles. The number of hydrogen-bond acceptors (Lipinski definition) is 8. The van der Waals surface area contributed by atoms with Crippen LogP contribution >= 0.6 is 45.9 Å². The number of anilines is 1. The predicted molar refractivity (Wildman–Crippen MR) is 265 cm³/mol. The molecule has 5 heterocycles. The minimum atomic E-state index is -4.14. The number of hydrogen-bond donors (Lipinski definition) is 4. The third-order valence-electron chi connectivity index (χ3n) is 11.3. The van der Waals surface area contributed by atoms with Gasteiger partial charge in [0.2, 0.25) is 5.91 Å². The number of thiophene rings is 1. The molecule has 11 nitrogen and oxygen atoms in total. The van der Waals surface area contributed by atoms with Crippen molar-refractivity contribution in [2.24, 2.45) is 0 Å². The zero-order chi connectivity index (χ0) is 46.9. The lowest BCUT2D eigenvalue weighted by Gasteiger charge is -2.30. The molecule has 0 spiro atoms. The number of allylic oxidation sites excluding steroid dienone is 2. The largest absolute Gasteiger partial charge is 0.737 e. The van der Waals surface area contributed by atoms with Crippen LogP contribution in [0, 0.1) is 0 Å². The zero-order valence-corrected chi connectivity index (χ0v) is 39.1. The molecule has 0 aliphatic carbocycles. The van der Waals surface area contributed by atoms with Gasteiger partial charge in [0.15, 0.2) is 23.1 Å². The smallest absolute Gasteiger partial charge is 0.484 e. The molecule has 3 aromatic heterocycles. The summed E-state index contributed by atoms with van der Waals surface area (Å²) in [4.78, 5) is 43.4. The molecule has 2 amide bonds. The number of rotatable bonds is 21. The van der Waals surface area contributed by atoms with Crippen LogP contribution in [-0.4, -0.2) is 75.3 Å². The molecule has 1 atom stereocenters. The van der Waals surface area contributed by atoms with Crippen molar-refractivity contribution in [2.45, 2.75) is 44.1 Å². The number of amides is 2. The molecule has 0 fully saturated rings. The molecule has 0 unspecified atom stereocenters. The number of halogens is 4. The molecule has 3 aromatic carbocycles. The SMILES string of the molecule is O=C(COc1ccc(/C=C/c2ccc3n2[B-](F)(F)[N+]2=C(c4cccs4)C=CC2=C3)cc1)NCCCCCC(=O)N[C@@H](CCNc1ncc(C(c2ccc(Cl)cc2)c2ccc(Cl)cc2)s1)C(=O)O. The number of ether oxygens (including phenoxy) is 1.